The molecule has 3 aromatic rings. The summed E-state index contributed by atoms with van der Waals surface area (Å²) in [6.07, 6.45) is 4.57. The van der Waals surface area contributed by atoms with Gasteiger partial charge in [0.2, 0.25) is 0 Å². The lowest BCUT2D eigenvalue weighted by Gasteiger charge is -2.40. The van der Waals surface area contributed by atoms with Crippen molar-refractivity contribution in [3.63, 3.8) is 0 Å². The molecule has 1 aliphatic heterocycles. The highest BCUT2D eigenvalue weighted by Crippen LogP contribution is 2.48. The minimum absolute atomic E-state index is 0.0156. The summed E-state index contributed by atoms with van der Waals surface area (Å²) < 4.78 is 5.32. The van der Waals surface area contributed by atoms with Gasteiger partial charge in [-0.25, -0.2) is 0 Å². The van der Waals surface area contributed by atoms with Gasteiger partial charge in [-0.2, -0.15) is 0 Å². The number of nitrogens with zero attached hydrogens (tertiary/aromatic N) is 1. The van der Waals surface area contributed by atoms with Crippen LogP contribution in [0, 0.1) is 15.5 Å². The molecular formula is C31H27ClN2O4. The number of carbonyl (C=O) groups excluding carboxylic acids is 1. The molecule has 0 spiro atoms. The number of ketones is 1. The van der Waals surface area contributed by atoms with E-state index in [1.165, 1.54) is 12.1 Å². The van der Waals surface area contributed by atoms with Gasteiger partial charge in [-0.05, 0) is 89.2 Å². The van der Waals surface area contributed by atoms with Crippen molar-refractivity contribution in [2.45, 2.75) is 26.2 Å². The number of dihydropyridines is 1. The summed E-state index contributed by atoms with van der Waals surface area (Å²) in [4.78, 5) is 24.8. The highest BCUT2D eigenvalue weighted by atomic mass is 35.5. The van der Waals surface area contributed by atoms with E-state index < -0.39 is 10.3 Å². The van der Waals surface area contributed by atoms with E-state index in [1.807, 2.05) is 54.6 Å². The lowest BCUT2D eigenvalue weighted by atomic mass is 9.67. The van der Waals surface area contributed by atoms with Crippen LogP contribution in [0.15, 0.2) is 95.7 Å². The van der Waals surface area contributed by atoms with Crippen molar-refractivity contribution >= 4 is 34.8 Å². The van der Waals surface area contributed by atoms with E-state index in [4.69, 9.17) is 16.3 Å². The van der Waals surface area contributed by atoms with Crippen molar-refractivity contribution in [2.24, 2.45) is 5.41 Å². The summed E-state index contributed by atoms with van der Waals surface area (Å²) in [7, 11) is 1.64. The number of carbonyl (C=O) groups is 1. The van der Waals surface area contributed by atoms with Crippen molar-refractivity contribution in [1.82, 2.24) is 5.32 Å². The minimum atomic E-state index is -0.461. The number of halogens is 1. The number of Topliss-reactive ketones (excluding diaryl/α,β-unsaturated/α-hetero) is 1. The highest BCUT2D eigenvalue weighted by molar-refractivity contribution is 6.30. The molecule has 0 amide bonds. The first-order chi connectivity index (χ1) is 18.2. The lowest BCUT2D eigenvalue weighted by molar-refractivity contribution is -0.384. The maximum atomic E-state index is 14.2. The van der Waals surface area contributed by atoms with Crippen molar-refractivity contribution in [2.75, 3.05) is 7.11 Å². The molecule has 1 aliphatic carbocycles. The van der Waals surface area contributed by atoms with E-state index in [2.05, 4.69) is 25.2 Å². The zero-order chi connectivity index (χ0) is 27.0. The Morgan fingerprint density at radius 2 is 1.68 bits per heavy atom. The number of benzene rings is 3. The quantitative estimate of drug-likeness (QED) is 0.214. The number of non-ortho nitro benzene ring substituents is 1. The van der Waals surface area contributed by atoms with Gasteiger partial charge in [0.1, 0.15) is 5.75 Å². The molecule has 1 atom stereocenters. The molecule has 0 saturated carbocycles. The fourth-order valence-corrected chi connectivity index (χ4v) is 5.23. The summed E-state index contributed by atoms with van der Waals surface area (Å²) in [5.41, 5.74) is 5.47. The van der Waals surface area contributed by atoms with E-state index >= 15 is 0 Å². The average molecular weight is 527 g/mol. The van der Waals surface area contributed by atoms with Gasteiger partial charge in [0, 0.05) is 45.6 Å². The molecular weight excluding hydrogens is 500 g/mol. The molecule has 2 aliphatic rings. The van der Waals surface area contributed by atoms with Crippen LogP contribution in [0.2, 0.25) is 5.02 Å². The number of allylic oxidation sites excluding steroid dienone is 4. The summed E-state index contributed by atoms with van der Waals surface area (Å²) in [5.74, 6) is 0.464. The molecule has 0 aromatic heterocycles. The Hall–Kier alpha value is -4.16. The van der Waals surface area contributed by atoms with Crippen molar-refractivity contribution in [1.29, 1.82) is 0 Å². The van der Waals surface area contributed by atoms with Crippen molar-refractivity contribution < 1.29 is 14.5 Å². The maximum absolute atomic E-state index is 14.2. The van der Waals surface area contributed by atoms with Crippen molar-refractivity contribution in [3.05, 3.63) is 128 Å². The van der Waals surface area contributed by atoms with Crippen LogP contribution in [0.3, 0.4) is 0 Å². The molecule has 3 aromatic carbocycles. The van der Waals surface area contributed by atoms with Gasteiger partial charge in [-0.1, -0.05) is 37.6 Å². The van der Waals surface area contributed by atoms with Crippen LogP contribution in [0.25, 0.3) is 11.8 Å². The van der Waals surface area contributed by atoms with Gasteiger partial charge in [-0.3, -0.25) is 14.9 Å². The third-order valence-corrected chi connectivity index (χ3v) is 7.39. The van der Waals surface area contributed by atoms with Crippen LogP contribution < -0.4 is 10.1 Å². The van der Waals surface area contributed by atoms with Crippen LogP contribution in [-0.2, 0) is 4.79 Å². The third-order valence-electron chi connectivity index (χ3n) is 7.14. The zero-order valence-electron chi connectivity index (χ0n) is 21.3. The van der Waals surface area contributed by atoms with Gasteiger partial charge in [-0.15, -0.1) is 0 Å². The van der Waals surface area contributed by atoms with Crippen molar-refractivity contribution in [3.8, 4) is 5.75 Å². The van der Waals surface area contributed by atoms with E-state index in [0.717, 1.165) is 33.8 Å². The summed E-state index contributed by atoms with van der Waals surface area (Å²) >= 11 is 6.18. The smallest absolute Gasteiger partial charge is 0.269 e. The zero-order valence-corrected chi connectivity index (χ0v) is 22.1. The number of methoxy groups -OCH3 is 1. The van der Waals surface area contributed by atoms with Gasteiger partial charge in [0.05, 0.1) is 12.0 Å². The Kier molecular flexibility index (Phi) is 6.67. The maximum Gasteiger partial charge on any atom is 0.269 e. The second-order valence-electron chi connectivity index (χ2n) is 10.2. The largest absolute Gasteiger partial charge is 0.497 e. The molecule has 1 heterocycles. The topological polar surface area (TPSA) is 81.5 Å². The Morgan fingerprint density at radius 3 is 2.29 bits per heavy atom. The number of ether oxygens (including phenoxy) is 1. The fourth-order valence-electron chi connectivity index (χ4n) is 5.11. The number of nitrogens with one attached hydrogen (secondary N) is 1. The van der Waals surface area contributed by atoms with Crippen LogP contribution >= 0.6 is 11.6 Å². The SMILES string of the molecule is COc1ccc(C2=CC(c3ccc(Cl)cc3)C3=C(CC(C)(C)/C(=C/c4ccc([N+](=O)[O-])cc4)C3=O)N2)cc1. The highest BCUT2D eigenvalue weighted by Gasteiger charge is 2.42. The van der Waals surface area contributed by atoms with Gasteiger partial charge >= 0.3 is 0 Å². The molecule has 0 radical (unpaired) electrons. The second kappa shape index (κ2) is 9.95. The first kappa shape index (κ1) is 25.5. The normalized spacial score (nSPS) is 19.5. The predicted molar refractivity (Wildman–Crippen MR) is 150 cm³/mol. The molecule has 7 heteroatoms. The number of hydrogen-bond acceptors (Lipinski definition) is 5. The van der Waals surface area contributed by atoms with Crippen LogP contribution in [0.4, 0.5) is 5.69 Å². The molecule has 0 bridgehead atoms. The predicted octanol–water partition coefficient (Wildman–Crippen LogP) is 7.32. The third kappa shape index (κ3) is 4.87. The standard InChI is InChI=1S/C31H27ClN2O4/c1-31(2)18-28-29(30(35)26(31)16-19-4-12-23(13-5-19)34(36)37)25(20-6-10-22(32)11-7-20)17-27(33-28)21-8-14-24(38-3)15-9-21/h4-17,25,33H,18H2,1-3H3/b26-16+. The molecule has 1 unspecified atom stereocenters. The van der Waals surface area contributed by atoms with E-state index in [1.54, 1.807) is 19.2 Å². The summed E-state index contributed by atoms with van der Waals surface area (Å²) in [6, 6.07) is 21.7. The fraction of sp³-hybridized carbons (Fsp3) is 0.194. The monoisotopic (exact) mass is 526 g/mol. The number of nitro groups is 1. The summed E-state index contributed by atoms with van der Waals surface area (Å²) in [6.45, 7) is 4.10. The number of rotatable bonds is 5. The van der Waals surface area contributed by atoms with E-state index in [9.17, 15) is 14.9 Å². The first-order valence-electron chi connectivity index (χ1n) is 12.3. The average Bonchev–Trinajstić information content (AvgIpc) is 2.91. The van der Waals surface area contributed by atoms with E-state index in [-0.39, 0.29) is 17.4 Å². The van der Waals surface area contributed by atoms with Crippen LogP contribution in [-0.4, -0.2) is 17.8 Å². The van der Waals surface area contributed by atoms with Crippen LogP contribution in [0.1, 0.15) is 42.9 Å². The number of hydrogen-bond donors (Lipinski definition) is 1. The summed E-state index contributed by atoms with van der Waals surface area (Å²) in [5, 5.41) is 15.3. The molecule has 5 rings (SSSR count). The van der Waals surface area contributed by atoms with Gasteiger partial charge in [0.15, 0.2) is 5.78 Å². The van der Waals surface area contributed by atoms with Gasteiger partial charge in [0.25, 0.3) is 5.69 Å². The minimum Gasteiger partial charge on any atom is -0.497 e. The van der Waals surface area contributed by atoms with Gasteiger partial charge < -0.3 is 10.1 Å². The molecule has 1 N–H and O–H groups in total. The van der Waals surface area contributed by atoms with E-state index in [0.29, 0.717) is 22.6 Å². The Balaban J connectivity index is 1.59. The first-order valence-corrected chi connectivity index (χ1v) is 12.7. The Labute approximate surface area is 226 Å². The molecule has 38 heavy (non-hydrogen) atoms. The lowest BCUT2D eigenvalue weighted by Crippen LogP contribution is -2.37. The molecule has 0 saturated heterocycles. The molecule has 192 valence electrons. The van der Waals surface area contributed by atoms with Crippen LogP contribution in [0.5, 0.6) is 5.75 Å². The molecule has 0 fully saturated rings. The second-order valence-corrected chi connectivity index (χ2v) is 10.6. The Morgan fingerprint density at radius 1 is 1.03 bits per heavy atom. The molecule has 6 nitrogen and oxygen atoms in total. The Bertz CT molecular complexity index is 1500. The number of nitro benzene ring substituents is 1.